The molecule has 0 aliphatic carbocycles. The summed E-state index contributed by atoms with van der Waals surface area (Å²) in [6.07, 6.45) is 1.68. The molecule has 1 aliphatic rings. The molecule has 5 nitrogen and oxygen atoms in total. The smallest absolute Gasteiger partial charge is 0.344 e. The van der Waals surface area contributed by atoms with Crippen LogP contribution >= 0.6 is 35.1 Å². The molecular weight excluding hydrogens is 466 g/mol. The highest BCUT2D eigenvalue weighted by molar-refractivity contribution is 8.18. The monoisotopic (exact) mass is 483 g/mol. The fourth-order valence-corrected chi connectivity index (χ4v) is 4.75. The van der Waals surface area contributed by atoms with Crippen molar-refractivity contribution in [1.29, 1.82) is 0 Å². The number of halogens is 1. The predicted molar refractivity (Wildman–Crippen MR) is 130 cm³/mol. The summed E-state index contributed by atoms with van der Waals surface area (Å²) in [4.78, 5) is 18.5. The maximum Gasteiger partial charge on any atom is 0.344 e. The molecule has 0 saturated carbocycles. The molecule has 162 valence electrons. The molecule has 1 aliphatic heterocycles. The zero-order chi connectivity index (χ0) is 22.5. The Balaban J connectivity index is 1.61. The highest BCUT2D eigenvalue weighted by Crippen LogP contribution is 2.41. The molecule has 1 aromatic heterocycles. The van der Waals surface area contributed by atoms with Gasteiger partial charge >= 0.3 is 5.97 Å². The topological polar surface area (TPSA) is 72.0 Å². The van der Waals surface area contributed by atoms with E-state index in [0.29, 0.717) is 31.5 Å². The molecule has 2 aromatic carbocycles. The minimum atomic E-state index is -0.617. The van der Waals surface area contributed by atoms with Gasteiger partial charge < -0.3 is 14.3 Å². The van der Waals surface area contributed by atoms with Crippen molar-refractivity contribution in [2.75, 3.05) is 6.61 Å². The van der Waals surface area contributed by atoms with Gasteiger partial charge in [-0.3, -0.25) is 0 Å². The minimum absolute atomic E-state index is 0.0503. The first kappa shape index (κ1) is 22.3. The van der Waals surface area contributed by atoms with Crippen molar-refractivity contribution < 1.29 is 19.1 Å². The number of aliphatic hydroxyl groups is 1. The molecule has 32 heavy (non-hydrogen) atoms. The Kier molecular flexibility index (Phi) is 7.09. The van der Waals surface area contributed by atoms with Gasteiger partial charge in [0.25, 0.3) is 0 Å². The third-order valence-electron chi connectivity index (χ3n) is 4.26. The van der Waals surface area contributed by atoms with Crippen LogP contribution in [-0.4, -0.2) is 22.7 Å². The number of rotatable bonds is 6. The zero-order valence-electron chi connectivity index (χ0n) is 16.9. The van der Waals surface area contributed by atoms with E-state index in [1.807, 2.05) is 60.7 Å². The number of nitrogens with zero attached hydrogens (tertiary/aromatic N) is 1. The van der Waals surface area contributed by atoms with Crippen molar-refractivity contribution in [3.8, 4) is 0 Å². The van der Waals surface area contributed by atoms with Crippen LogP contribution in [0.1, 0.15) is 12.7 Å². The summed E-state index contributed by atoms with van der Waals surface area (Å²) in [6.45, 7) is 1.91. The van der Waals surface area contributed by atoms with E-state index in [1.165, 1.54) is 23.5 Å². The summed E-state index contributed by atoms with van der Waals surface area (Å²) in [5.74, 6) is -0.250. The number of benzene rings is 2. The number of ether oxygens (including phenoxy) is 1. The Bertz CT molecular complexity index is 1210. The minimum Gasteiger partial charge on any atom is -0.506 e. The molecule has 0 saturated heterocycles. The van der Waals surface area contributed by atoms with Crippen LogP contribution in [0.5, 0.6) is 0 Å². The second-order valence-electron chi connectivity index (χ2n) is 6.52. The second kappa shape index (κ2) is 10.2. The molecule has 0 fully saturated rings. The van der Waals surface area contributed by atoms with E-state index in [4.69, 9.17) is 20.8 Å². The summed E-state index contributed by atoms with van der Waals surface area (Å²) >= 11 is 8.58. The number of hydrogen-bond donors (Lipinski definition) is 1. The van der Waals surface area contributed by atoms with Crippen LogP contribution in [-0.2, 0) is 9.53 Å². The summed E-state index contributed by atoms with van der Waals surface area (Å²) in [7, 11) is 0. The SMILES string of the molecule is CCOC(=O)C1=C(O)/C(=C/c2ccc(Sc3ccc(Cl)cc3)o2)SC1=Nc1ccccc1. The average Bonchev–Trinajstić information content (AvgIpc) is 3.34. The number of esters is 1. The second-order valence-corrected chi connectivity index (χ2v) is 9.06. The molecule has 0 amide bonds. The number of carbonyl (C=O) groups is 1. The van der Waals surface area contributed by atoms with Gasteiger partial charge in [0.2, 0.25) is 0 Å². The Labute approximate surface area is 198 Å². The van der Waals surface area contributed by atoms with Crippen molar-refractivity contribution in [1.82, 2.24) is 0 Å². The third-order valence-corrected chi connectivity index (χ3v) is 6.46. The van der Waals surface area contributed by atoms with Gasteiger partial charge in [-0.25, -0.2) is 9.79 Å². The number of hydrogen-bond acceptors (Lipinski definition) is 7. The highest BCUT2D eigenvalue weighted by Gasteiger charge is 2.33. The molecular formula is C24H18ClNO4S2. The van der Waals surface area contributed by atoms with Crippen molar-refractivity contribution in [2.45, 2.75) is 16.9 Å². The van der Waals surface area contributed by atoms with Gasteiger partial charge in [-0.1, -0.05) is 53.3 Å². The van der Waals surface area contributed by atoms with Crippen LogP contribution in [0.2, 0.25) is 5.02 Å². The van der Waals surface area contributed by atoms with E-state index in [-0.39, 0.29) is 17.9 Å². The van der Waals surface area contributed by atoms with Crippen molar-refractivity contribution in [3.63, 3.8) is 0 Å². The zero-order valence-corrected chi connectivity index (χ0v) is 19.3. The third kappa shape index (κ3) is 5.30. The van der Waals surface area contributed by atoms with Crippen molar-refractivity contribution in [2.24, 2.45) is 4.99 Å². The van der Waals surface area contributed by atoms with Crippen LogP contribution in [0.15, 0.2) is 102 Å². The van der Waals surface area contributed by atoms with Gasteiger partial charge in [0.1, 0.15) is 22.1 Å². The lowest BCUT2D eigenvalue weighted by molar-refractivity contribution is -0.138. The van der Waals surface area contributed by atoms with Crippen LogP contribution in [0.3, 0.4) is 0 Å². The number of para-hydroxylation sites is 1. The number of aliphatic imine (C=N–C) groups is 1. The van der Waals surface area contributed by atoms with Crippen molar-refractivity contribution >= 4 is 57.9 Å². The van der Waals surface area contributed by atoms with E-state index < -0.39 is 5.97 Å². The van der Waals surface area contributed by atoms with Crippen LogP contribution in [0.4, 0.5) is 5.69 Å². The van der Waals surface area contributed by atoms with E-state index in [9.17, 15) is 9.90 Å². The first-order valence-electron chi connectivity index (χ1n) is 9.71. The van der Waals surface area contributed by atoms with Gasteiger partial charge in [0, 0.05) is 9.92 Å². The number of aliphatic hydroxyl groups excluding tert-OH is 1. The van der Waals surface area contributed by atoms with Crippen LogP contribution in [0, 0.1) is 0 Å². The standard InChI is InChI=1S/C24H18ClNO4S2/c1-2-29-24(28)21-22(27)19(32-23(21)26-16-6-4-3-5-7-16)14-17-10-13-20(30-17)31-18-11-8-15(25)9-12-18/h3-14,27H,2H2,1H3/b19-14-,26-23?. The van der Waals surface area contributed by atoms with Gasteiger partial charge in [0.15, 0.2) is 5.09 Å². The summed E-state index contributed by atoms with van der Waals surface area (Å²) < 4.78 is 11.0. The number of furan rings is 1. The Morgan fingerprint density at radius 1 is 1.16 bits per heavy atom. The largest absolute Gasteiger partial charge is 0.506 e. The molecule has 0 unspecified atom stereocenters. The fraction of sp³-hybridized carbons (Fsp3) is 0.0833. The molecule has 1 N–H and O–H groups in total. The lowest BCUT2D eigenvalue weighted by Gasteiger charge is -2.03. The Morgan fingerprint density at radius 3 is 2.62 bits per heavy atom. The first-order valence-corrected chi connectivity index (χ1v) is 11.7. The van der Waals surface area contributed by atoms with Crippen LogP contribution in [0.25, 0.3) is 6.08 Å². The number of carbonyl (C=O) groups excluding carboxylic acids is 1. The van der Waals surface area contributed by atoms with E-state index in [0.717, 1.165) is 4.90 Å². The first-order chi connectivity index (χ1) is 15.5. The molecule has 0 spiro atoms. The Hall–Kier alpha value is -2.87. The maximum absolute atomic E-state index is 12.5. The molecule has 0 radical (unpaired) electrons. The van der Waals surface area contributed by atoms with Gasteiger partial charge in [-0.15, -0.1) is 0 Å². The average molecular weight is 484 g/mol. The molecule has 0 bridgehead atoms. The summed E-state index contributed by atoms with van der Waals surface area (Å²) in [5.41, 5.74) is 0.722. The van der Waals surface area contributed by atoms with Crippen LogP contribution < -0.4 is 0 Å². The lowest BCUT2D eigenvalue weighted by Crippen LogP contribution is -2.12. The Morgan fingerprint density at radius 2 is 1.91 bits per heavy atom. The molecule has 8 heteroatoms. The molecule has 2 heterocycles. The summed E-state index contributed by atoms with van der Waals surface area (Å²) in [5, 5.41) is 12.5. The highest BCUT2D eigenvalue weighted by atomic mass is 35.5. The van der Waals surface area contributed by atoms with Crippen molar-refractivity contribution in [3.05, 3.63) is 93.8 Å². The van der Waals surface area contributed by atoms with E-state index in [1.54, 1.807) is 19.1 Å². The summed E-state index contributed by atoms with van der Waals surface area (Å²) in [6, 6.07) is 20.3. The number of thioether (sulfide) groups is 1. The maximum atomic E-state index is 12.5. The van der Waals surface area contributed by atoms with Gasteiger partial charge in [-0.2, -0.15) is 0 Å². The van der Waals surface area contributed by atoms with E-state index in [2.05, 4.69) is 4.99 Å². The molecule has 4 rings (SSSR count). The predicted octanol–water partition coefficient (Wildman–Crippen LogP) is 7.28. The quantitative estimate of drug-likeness (QED) is 0.371. The molecule has 0 atom stereocenters. The molecule has 3 aromatic rings. The van der Waals surface area contributed by atoms with E-state index >= 15 is 0 Å². The van der Waals surface area contributed by atoms with Gasteiger partial charge in [0.05, 0.1) is 17.2 Å². The fourth-order valence-electron chi connectivity index (χ4n) is 2.83. The lowest BCUT2D eigenvalue weighted by atomic mass is 10.2. The van der Waals surface area contributed by atoms with Gasteiger partial charge in [-0.05, 0) is 61.5 Å². The normalized spacial score (nSPS) is 16.2.